The van der Waals surface area contributed by atoms with Crippen LogP contribution in [0.5, 0.6) is 0 Å². The normalized spacial score (nSPS) is 16.8. The van der Waals surface area contributed by atoms with Crippen molar-refractivity contribution >= 4 is 26.0 Å². The van der Waals surface area contributed by atoms with Crippen molar-refractivity contribution in [2.45, 2.75) is 36.6 Å². The average molecular weight is 500 g/mol. The van der Waals surface area contributed by atoms with Gasteiger partial charge in [0, 0.05) is 32.2 Å². The number of hydrogen-bond acceptors (Lipinski definition) is 8. The van der Waals surface area contributed by atoms with Gasteiger partial charge in [0.05, 0.1) is 11.4 Å². The summed E-state index contributed by atoms with van der Waals surface area (Å²) in [6, 6.07) is 6.07. The number of rotatable bonds is 7. The van der Waals surface area contributed by atoms with Crippen molar-refractivity contribution in [3.63, 3.8) is 0 Å². The fourth-order valence-corrected chi connectivity index (χ4v) is 6.02. The SMILES string of the molecule is Cc1noc(C)c1S(=O)(=O)N1CCN(C(=O)CN(C)C(C)c2ccc(S(N)(=O)=O)cc2)CC1. The average Bonchev–Trinajstić information content (AvgIpc) is 3.11. The van der Waals surface area contributed by atoms with Crippen LogP contribution < -0.4 is 5.14 Å². The summed E-state index contributed by atoms with van der Waals surface area (Å²) in [5.41, 5.74) is 1.16. The zero-order valence-corrected chi connectivity index (χ0v) is 20.7. The second kappa shape index (κ2) is 9.50. The molecular formula is C20H29N5O6S2. The Labute approximate surface area is 194 Å². The quantitative estimate of drug-likeness (QED) is 0.578. The van der Waals surface area contributed by atoms with E-state index in [0.29, 0.717) is 5.69 Å². The number of amides is 1. The van der Waals surface area contributed by atoms with Crippen molar-refractivity contribution in [2.24, 2.45) is 5.14 Å². The van der Waals surface area contributed by atoms with Crippen molar-refractivity contribution in [1.29, 1.82) is 0 Å². The molecule has 1 amide bonds. The van der Waals surface area contributed by atoms with Gasteiger partial charge in [-0.05, 0) is 45.5 Å². The topological polar surface area (TPSA) is 147 Å². The maximum absolute atomic E-state index is 12.9. The van der Waals surface area contributed by atoms with Gasteiger partial charge in [0.2, 0.25) is 26.0 Å². The molecule has 2 aromatic rings. The summed E-state index contributed by atoms with van der Waals surface area (Å²) in [5, 5.41) is 8.86. The lowest BCUT2D eigenvalue weighted by Crippen LogP contribution is -2.52. The third kappa shape index (κ3) is 5.44. The summed E-state index contributed by atoms with van der Waals surface area (Å²) in [6.07, 6.45) is 0. The number of carbonyl (C=O) groups excluding carboxylic acids is 1. The first-order valence-corrected chi connectivity index (χ1v) is 13.3. The summed E-state index contributed by atoms with van der Waals surface area (Å²) in [6.45, 7) is 6.13. The van der Waals surface area contributed by atoms with Gasteiger partial charge in [0.25, 0.3) is 0 Å². The van der Waals surface area contributed by atoms with Gasteiger partial charge < -0.3 is 9.42 Å². The molecule has 0 radical (unpaired) electrons. The van der Waals surface area contributed by atoms with Crippen LogP contribution in [0.25, 0.3) is 0 Å². The lowest BCUT2D eigenvalue weighted by atomic mass is 10.1. The van der Waals surface area contributed by atoms with Crippen LogP contribution in [-0.2, 0) is 24.8 Å². The maximum Gasteiger partial charge on any atom is 0.248 e. The Morgan fingerprint density at radius 3 is 2.18 bits per heavy atom. The Kier molecular flexibility index (Phi) is 7.29. The molecule has 1 aromatic heterocycles. The van der Waals surface area contributed by atoms with Crippen LogP contribution in [0.1, 0.15) is 30.0 Å². The van der Waals surface area contributed by atoms with Crippen molar-refractivity contribution in [3.8, 4) is 0 Å². The molecule has 2 N–H and O–H groups in total. The molecule has 0 saturated carbocycles. The minimum atomic E-state index is -3.76. The van der Waals surface area contributed by atoms with E-state index >= 15 is 0 Å². The number of piperazine rings is 1. The van der Waals surface area contributed by atoms with Crippen LogP contribution >= 0.6 is 0 Å². The minimum absolute atomic E-state index is 0.0293. The molecule has 0 aliphatic carbocycles. The smallest absolute Gasteiger partial charge is 0.248 e. The molecule has 1 aliphatic heterocycles. The molecular weight excluding hydrogens is 470 g/mol. The van der Waals surface area contributed by atoms with Crippen LogP contribution in [0.3, 0.4) is 0 Å². The molecule has 1 unspecified atom stereocenters. The van der Waals surface area contributed by atoms with Crippen molar-refractivity contribution in [3.05, 3.63) is 41.3 Å². The second-order valence-electron chi connectivity index (χ2n) is 8.14. The van der Waals surface area contributed by atoms with E-state index in [0.717, 1.165) is 5.56 Å². The van der Waals surface area contributed by atoms with E-state index in [9.17, 15) is 21.6 Å². The maximum atomic E-state index is 12.9. The van der Waals surface area contributed by atoms with E-state index < -0.39 is 20.0 Å². The van der Waals surface area contributed by atoms with Gasteiger partial charge in [-0.1, -0.05) is 17.3 Å². The van der Waals surface area contributed by atoms with Crippen molar-refractivity contribution in [2.75, 3.05) is 39.8 Å². The van der Waals surface area contributed by atoms with E-state index in [-0.39, 0.29) is 60.2 Å². The molecule has 1 fully saturated rings. The first kappa shape index (κ1) is 25.3. The van der Waals surface area contributed by atoms with Gasteiger partial charge in [-0.3, -0.25) is 9.69 Å². The summed E-state index contributed by atoms with van der Waals surface area (Å²) in [7, 11) is -5.70. The Hall–Kier alpha value is -2.32. The molecule has 33 heavy (non-hydrogen) atoms. The molecule has 1 aromatic carbocycles. The molecule has 0 spiro atoms. The number of aromatic nitrogens is 1. The van der Waals surface area contributed by atoms with Gasteiger partial charge >= 0.3 is 0 Å². The zero-order chi connectivity index (χ0) is 24.6. The predicted molar refractivity (Wildman–Crippen MR) is 120 cm³/mol. The van der Waals surface area contributed by atoms with Gasteiger partial charge in [0.1, 0.15) is 10.6 Å². The Balaban J connectivity index is 1.58. The van der Waals surface area contributed by atoms with Gasteiger partial charge in [-0.2, -0.15) is 4.31 Å². The van der Waals surface area contributed by atoms with Crippen LogP contribution in [-0.4, -0.2) is 81.8 Å². The zero-order valence-electron chi connectivity index (χ0n) is 19.1. The lowest BCUT2D eigenvalue weighted by Gasteiger charge is -2.35. The number of nitrogens with zero attached hydrogens (tertiary/aromatic N) is 4. The molecule has 1 saturated heterocycles. The van der Waals surface area contributed by atoms with E-state index in [1.54, 1.807) is 37.9 Å². The Bertz CT molecular complexity index is 1200. The summed E-state index contributed by atoms with van der Waals surface area (Å²) in [5.74, 6) is 0.138. The van der Waals surface area contributed by atoms with Gasteiger partial charge in [0.15, 0.2) is 5.76 Å². The number of hydrogen-bond donors (Lipinski definition) is 1. The number of benzene rings is 1. The van der Waals surface area contributed by atoms with E-state index in [1.165, 1.54) is 16.4 Å². The number of sulfonamides is 2. The fraction of sp³-hybridized carbons (Fsp3) is 0.500. The van der Waals surface area contributed by atoms with Crippen LogP contribution in [0.4, 0.5) is 0 Å². The predicted octanol–water partition coefficient (Wildman–Crippen LogP) is 0.465. The molecule has 182 valence electrons. The largest absolute Gasteiger partial charge is 0.360 e. The fourth-order valence-electron chi connectivity index (χ4n) is 3.79. The highest BCUT2D eigenvalue weighted by Crippen LogP contribution is 2.25. The molecule has 11 nitrogen and oxygen atoms in total. The van der Waals surface area contributed by atoms with E-state index in [4.69, 9.17) is 9.66 Å². The first-order valence-electron chi connectivity index (χ1n) is 10.4. The molecule has 1 aliphatic rings. The number of likely N-dealkylation sites (N-methyl/N-ethyl adjacent to an activating group) is 1. The number of carbonyl (C=O) groups is 1. The Morgan fingerprint density at radius 1 is 1.12 bits per heavy atom. The van der Waals surface area contributed by atoms with E-state index in [1.807, 2.05) is 11.8 Å². The number of primary sulfonamides is 1. The number of aryl methyl sites for hydroxylation is 2. The van der Waals surface area contributed by atoms with Gasteiger partial charge in [-0.15, -0.1) is 0 Å². The summed E-state index contributed by atoms with van der Waals surface area (Å²) < 4.78 is 55.1. The lowest BCUT2D eigenvalue weighted by molar-refractivity contribution is -0.133. The number of nitrogens with two attached hydrogens (primary N) is 1. The summed E-state index contributed by atoms with van der Waals surface area (Å²) in [4.78, 5) is 16.4. The van der Waals surface area contributed by atoms with Crippen molar-refractivity contribution < 1.29 is 26.2 Å². The highest BCUT2D eigenvalue weighted by molar-refractivity contribution is 7.89. The summed E-state index contributed by atoms with van der Waals surface area (Å²) >= 11 is 0. The molecule has 2 heterocycles. The third-order valence-corrected chi connectivity index (χ3v) is 8.97. The first-order chi connectivity index (χ1) is 15.3. The highest BCUT2D eigenvalue weighted by atomic mass is 32.2. The molecule has 13 heteroatoms. The van der Waals surface area contributed by atoms with Crippen molar-refractivity contribution in [1.82, 2.24) is 19.3 Å². The van der Waals surface area contributed by atoms with Crippen LogP contribution in [0.2, 0.25) is 0 Å². The second-order valence-corrected chi connectivity index (χ2v) is 11.6. The highest BCUT2D eigenvalue weighted by Gasteiger charge is 2.34. The van der Waals surface area contributed by atoms with Crippen LogP contribution in [0, 0.1) is 13.8 Å². The standard InChI is InChI=1S/C20H29N5O6S2/c1-14-20(16(3)31-22-14)33(29,30)25-11-9-24(10-12-25)19(26)13-23(4)15(2)17-5-7-18(8-6-17)32(21,27)28/h5-8,15H,9-13H2,1-4H3,(H2,21,27,28). The monoisotopic (exact) mass is 499 g/mol. The molecule has 3 rings (SSSR count). The van der Waals surface area contributed by atoms with Crippen LogP contribution in [0.15, 0.2) is 38.6 Å². The van der Waals surface area contributed by atoms with Gasteiger partial charge in [-0.25, -0.2) is 22.0 Å². The Morgan fingerprint density at radius 2 is 1.70 bits per heavy atom. The van der Waals surface area contributed by atoms with E-state index in [2.05, 4.69) is 5.16 Å². The third-order valence-electron chi connectivity index (χ3n) is 5.89. The molecule has 0 bridgehead atoms. The molecule has 1 atom stereocenters. The minimum Gasteiger partial charge on any atom is -0.360 e.